The van der Waals surface area contributed by atoms with Crippen molar-refractivity contribution < 1.29 is 14.3 Å². The van der Waals surface area contributed by atoms with Gasteiger partial charge < -0.3 is 24.6 Å². The van der Waals surface area contributed by atoms with E-state index >= 15 is 0 Å². The van der Waals surface area contributed by atoms with Crippen molar-refractivity contribution in [3.63, 3.8) is 0 Å². The molecule has 2 heterocycles. The van der Waals surface area contributed by atoms with Crippen LogP contribution in [-0.2, 0) is 4.79 Å². The molecule has 4 rings (SSSR count). The van der Waals surface area contributed by atoms with Gasteiger partial charge >= 0.3 is 0 Å². The van der Waals surface area contributed by atoms with Gasteiger partial charge in [-0.05, 0) is 36.9 Å². The van der Waals surface area contributed by atoms with Crippen molar-refractivity contribution in [3.8, 4) is 11.5 Å². The highest BCUT2D eigenvalue weighted by Crippen LogP contribution is 2.35. The van der Waals surface area contributed by atoms with Gasteiger partial charge in [-0.2, -0.15) is 0 Å². The summed E-state index contributed by atoms with van der Waals surface area (Å²) in [5, 5.41) is 4.06. The zero-order valence-electron chi connectivity index (χ0n) is 15.1. The van der Waals surface area contributed by atoms with Crippen molar-refractivity contribution in [2.45, 2.75) is 0 Å². The third-order valence-corrected chi connectivity index (χ3v) is 5.46. The molecule has 0 aliphatic carbocycles. The predicted octanol–water partition coefficient (Wildman–Crippen LogP) is 4.00. The lowest BCUT2D eigenvalue weighted by Gasteiger charge is -2.36. The monoisotopic (exact) mass is 419 g/mol. The number of nitrogens with zero attached hydrogens (tertiary/aromatic N) is 2. The summed E-state index contributed by atoms with van der Waals surface area (Å²) >= 11 is 12.1. The molecule has 2 aliphatic heterocycles. The molecule has 1 N–H and O–H groups in total. The fourth-order valence-corrected chi connectivity index (χ4v) is 3.51. The molecule has 0 radical (unpaired) electrons. The van der Waals surface area contributed by atoms with Crippen molar-refractivity contribution in [2.24, 2.45) is 0 Å². The van der Waals surface area contributed by atoms with E-state index < -0.39 is 0 Å². The summed E-state index contributed by atoms with van der Waals surface area (Å²) in [6, 6.07) is 11.0. The number of anilines is 2. The van der Waals surface area contributed by atoms with Gasteiger partial charge in [-0.25, -0.2) is 0 Å². The molecular formula is C20H19Cl2N3O3. The molecule has 146 valence electrons. The molecule has 0 aromatic heterocycles. The average Bonchev–Trinajstić information content (AvgIpc) is 3.07. The number of benzene rings is 2. The molecule has 0 unspecified atom stereocenters. The maximum absolute atomic E-state index is 12.5. The number of ether oxygens (including phenoxy) is 2. The molecule has 6 nitrogen and oxygen atoms in total. The van der Waals surface area contributed by atoms with Crippen LogP contribution in [-0.4, -0.2) is 43.6 Å². The molecule has 2 aromatic rings. The van der Waals surface area contributed by atoms with Crippen molar-refractivity contribution in [1.29, 1.82) is 0 Å². The van der Waals surface area contributed by atoms with Crippen LogP contribution >= 0.6 is 23.2 Å². The number of carbonyl (C=O) groups is 1. The molecule has 0 spiro atoms. The van der Waals surface area contributed by atoms with Gasteiger partial charge in [-0.3, -0.25) is 4.79 Å². The number of rotatable bonds is 4. The number of hydrogen-bond acceptors (Lipinski definition) is 5. The predicted molar refractivity (Wildman–Crippen MR) is 111 cm³/mol. The van der Waals surface area contributed by atoms with Crippen LogP contribution in [0.5, 0.6) is 11.5 Å². The Hall–Kier alpha value is -2.57. The first-order valence-electron chi connectivity index (χ1n) is 8.88. The van der Waals surface area contributed by atoms with E-state index in [9.17, 15) is 4.79 Å². The Morgan fingerprint density at radius 3 is 2.64 bits per heavy atom. The fourth-order valence-electron chi connectivity index (χ4n) is 3.22. The van der Waals surface area contributed by atoms with Crippen LogP contribution in [0.2, 0.25) is 10.0 Å². The van der Waals surface area contributed by atoms with Crippen molar-refractivity contribution >= 4 is 40.5 Å². The molecule has 8 heteroatoms. The average molecular weight is 420 g/mol. The van der Waals surface area contributed by atoms with Crippen molar-refractivity contribution in [2.75, 3.05) is 43.0 Å². The molecule has 2 aromatic carbocycles. The number of piperazine rings is 1. The smallest absolute Gasteiger partial charge is 0.260 e. The summed E-state index contributed by atoms with van der Waals surface area (Å²) in [5.41, 5.74) is 1.84. The molecule has 0 bridgehead atoms. The van der Waals surface area contributed by atoms with Crippen LogP contribution in [0.25, 0.3) is 0 Å². The second-order valence-electron chi connectivity index (χ2n) is 6.56. The van der Waals surface area contributed by atoms with Crippen LogP contribution in [0.4, 0.5) is 11.4 Å². The second kappa shape index (κ2) is 7.81. The van der Waals surface area contributed by atoms with E-state index in [1.807, 2.05) is 18.2 Å². The first-order valence-corrected chi connectivity index (χ1v) is 9.63. The summed E-state index contributed by atoms with van der Waals surface area (Å²) in [6.07, 6.45) is 0. The van der Waals surface area contributed by atoms with E-state index in [1.54, 1.807) is 23.1 Å². The third-order valence-electron chi connectivity index (χ3n) is 4.72. The van der Waals surface area contributed by atoms with E-state index in [-0.39, 0.29) is 12.5 Å². The van der Waals surface area contributed by atoms with Gasteiger partial charge in [-0.15, -0.1) is 0 Å². The van der Waals surface area contributed by atoms with E-state index in [0.29, 0.717) is 40.5 Å². The van der Waals surface area contributed by atoms with Crippen LogP contribution in [0.1, 0.15) is 0 Å². The maximum Gasteiger partial charge on any atom is 0.260 e. The van der Waals surface area contributed by atoms with Crippen LogP contribution < -0.4 is 19.7 Å². The SMILES string of the molecule is C=C1Nc2ccc(OCC(=O)N3CCN(c4ccc(Cl)c(Cl)c4)CC3)cc2O1. The van der Waals surface area contributed by atoms with Gasteiger partial charge in [-0.1, -0.05) is 23.2 Å². The number of halogens is 2. The molecule has 1 amide bonds. The Labute approximate surface area is 173 Å². The minimum atomic E-state index is -0.0438. The summed E-state index contributed by atoms with van der Waals surface area (Å²) in [7, 11) is 0. The van der Waals surface area contributed by atoms with Crippen LogP contribution in [0.3, 0.4) is 0 Å². The summed E-state index contributed by atoms with van der Waals surface area (Å²) in [6.45, 7) is 6.41. The molecule has 0 saturated carbocycles. The molecule has 0 atom stereocenters. The first-order chi connectivity index (χ1) is 13.5. The van der Waals surface area contributed by atoms with E-state index in [4.69, 9.17) is 32.7 Å². The zero-order valence-corrected chi connectivity index (χ0v) is 16.6. The van der Waals surface area contributed by atoms with Gasteiger partial charge in [0.15, 0.2) is 18.2 Å². The first kappa shape index (κ1) is 18.8. The van der Waals surface area contributed by atoms with E-state index in [1.165, 1.54) is 0 Å². The van der Waals surface area contributed by atoms with Crippen molar-refractivity contribution in [3.05, 3.63) is 58.9 Å². The highest BCUT2D eigenvalue weighted by atomic mass is 35.5. The quantitative estimate of drug-likeness (QED) is 0.811. The van der Waals surface area contributed by atoms with Gasteiger partial charge in [0, 0.05) is 37.9 Å². The van der Waals surface area contributed by atoms with Gasteiger partial charge in [0.2, 0.25) is 0 Å². The lowest BCUT2D eigenvalue weighted by molar-refractivity contribution is -0.133. The number of hydrogen-bond donors (Lipinski definition) is 1. The van der Waals surface area contributed by atoms with Crippen molar-refractivity contribution in [1.82, 2.24) is 4.90 Å². The lowest BCUT2D eigenvalue weighted by atomic mass is 10.2. The number of carbonyl (C=O) groups excluding carboxylic acids is 1. The van der Waals surface area contributed by atoms with E-state index in [2.05, 4.69) is 16.8 Å². The number of fused-ring (bicyclic) bond motifs is 1. The Morgan fingerprint density at radius 1 is 1.11 bits per heavy atom. The fraction of sp³-hybridized carbons (Fsp3) is 0.250. The molecular weight excluding hydrogens is 401 g/mol. The highest BCUT2D eigenvalue weighted by Gasteiger charge is 2.22. The molecule has 28 heavy (non-hydrogen) atoms. The minimum Gasteiger partial charge on any atom is -0.484 e. The summed E-state index contributed by atoms with van der Waals surface area (Å²) in [5.74, 6) is 1.66. The maximum atomic E-state index is 12.5. The lowest BCUT2D eigenvalue weighted by Crippen LogP contribution is -2.50. The topological polar surface area (TPSA) is 54.0 Å². The highest BCUT2D eigenvalue weighted by molar-refractivity contribution is 6.42. The largest absolute Gasteiger partial charge is 0.484 e. The zero-order chi connectivity index (χ0) is 19.7. The number of amides is 1. The number of nitrogens with one attached hydrogen (secondary N) is 1. The third kappa shape index (κ3) is 3.98. The van der Waals surface area contributed by atoms with Crippen LogP contribution in [0, 0.1) is 0 Å². The Bertz CT molecular complexity index is 927. The second-order valence-corrected chi connectivity index (χ2v) is 7.38. The van der Waals surface area contributed by atoms with Crippen LogP contribution in [0.15, 0.2) is 48.9 Å². The standard InChI is InChI=1S/C20H19Cl2N3O3/c1-13-23-18-5-3-15(11-19(18)28-13)27-12-20(26)25-8-6-24(7-9-25)14-2-4-16(21)17(22)10-14/h2-5,10-11,23H,1,6-9,12H2. The minimum absolute atomic E-state index is 0.0140. The normalized spacial score (nSPS) is 15.7. The summed E-state index contributed by atoms with van der Waals surface area (Å²) < 4.78 is 11.1. The Kier molecular flexibility index (Phi) is 5.24. The van der Waals surface area contributed by atoms with Gasteiger partial charge in [0.25, 0.3) is 5.91 Å². The molecule has 1 saturated heterocycles. The molecule has 2 aliphatic rings. The van der Waals surface area contributed by atoms with Gasteiger partial charge in [0.05, 0.1) is 15.7 Å². The Morgan fingerprint density at radius 2 is 1.89 bits per heavy atom. The molecule has 1 fully saturated rings. The van der Waals surface area contributed by atoms with E-state index in [0.717, 1.165) is 24.5 Å². The summed E-state index contributed by atoms with van der Waals surface area (Å²) in [4.78, 5) is 16.5. The Balaban J connectivity index is 1.29. The van der Waals surface area contributed by atoms with Gasteiger partial charge in [0.1, 0.15) is 5.75 Å².